The van der Waals surface area contributed by atoms with Crippen molar-refractivity contribution < 1.29 is 14.3 Å². The number of benzene rings is 1. The zero-order chi connectivity index (χ0) is 10.6. The number of esters is 1. The molecule has 0 saturated carbocycles. The largest absolute Gasteiger partial charge is 0.493 e. The fraction of sp³-hybridized carbons (Fsp3) is 0.364. The molecule has 1 aliphatic carbocycles. The van der Waals surface area contributed by atoms with E-state index in [9.17, 15) is 4.79 Å². The number of carbonyl (C=O) groups excluding carboxylic acids is 1. The molecule has 1 atom stereocenters. The SMILES string of the molecule is COc1c2c(cc3c1OC3=O)CC(N)C2. The van der Waals surface area contributed by atoms with E-state index in [0.29, 0.717) is 17.1 Å². The summed E-state index contributed by atoms with van der Waals surface area (Å²) < 4.78 is 10.2. The normalized spacial score (nSPS) is 21.5. The molecule has 0 spiro atoms. The molecular weight excluding hydrogens is 194 g/mol. The van der Waals surface area contributed by atoms with Gasteiger partial charge in [-0.2, -0.15) is 0 Å². The quantitative estimate of drug-likeness (QED) is 0.684. The Bertz CT molecular complexity index is 467. The molecular formula is C11H11NO3. The van der Waals surface area contributed by atoms with Crippen molar-refractivity contribution in [3.05, 3.63) is 22.8 Å². The lowest BCUT2D eigenvalue weighted by Gasteiger charge is -2.22. The molecule has 0 saturated heterocycles. The number of nitrogens with two attached hydrogens (primary N) is 1. The minimum absolute atomic E-state index is 0.130. The number of ether oxygens (including phenoxy) is 2. The van der Waals surface area contributed by atoms with Gasteiger partial charge in [0, 0.05) is 11.6 Å². The van der Waals surface area contributed by atoms with Crippen molar-refractivity contribution >= 4 is 5.97 Å². The van der Waals surface area contributed by atoms with Gasteiger partial charge in [-0.05, 0) is 24.5 Å². The van der Waals surface area contributed by atoms with E-state index >= 15 is 0 Å². The van der Waals surface area contributed by atoms with Crippen LogP contribution >= 0.6 is 0 Å². The second-order valence-corrected chi connectivity index (χ2v) is 3.98. The van der Waals surface area contributed by atoms with Crippen molar-refractivity contribution in [2.75, 3.05) is 7.11 Å². The van der Waals surface area contributed by atoms with E-state index in [2.05, 4.69) is 0 Å². The molecule has 0 bridgehead atoms. The number of carbonyl (C=O) groups is 1. The van der Waals surface area contributed by atoms with E-state index in [0.717, 1.165) is 24.0 Å². The van der Waals surface area contributed by atoms with Gasteiger partial charge in [-0.15, -0.1) is 0 Å². The predicted molar refractivity (Wildman–Crippen MR) is 53.3 cm³/mol. The van der Waals surface area contributed by atoms with Gasteiger partial charge < -0.3 is 15.2 Å². The average molecular weight is 205 g/mol. The van der Waals surface area contributed by atoms with Gasteiger partial charge in [-0.25, -0.2) is 4.79 Å². The first-order chi connectivity index (χ1) is 7.20. The summed E-state index contributed by atoms with van der Waals surface area (Å²) in [5.74, 6) is 0.997. The molecule has 2 aliphatic rings. The van der Waals surface area contributed by atoms with Gasteiger partial charge in [0.15, 0.2) is 11.5 Å². The number of hydrogen-bond donors (Lipinski definition) is 1. The third-order valence-electron chi connectivity index (χ3n) is 3.00. The van der Waals surface area contributed by atoms with Crippen LogP contribution in [0.5, 0.6) is 11.5 Å². The summed E-state index contributed by atoms with van der Waals surface area (Å²) in [7, 11) is 1.59. The molecule has 0 aromatic heterocycles. The Morgan fingerprint density at radius 2 is 2.33 bits per heavy atom. The van der Waals surface area contributed by atoms with Crippen LogP contribution in [0.25, 0.3) is 0 Å². The minimum Gasteiger partial charge on any atom is -0.493 e. The highest BCUT2D eigenvalue weighted by Gasteiger charge is 2.36. The maximum Gasteiger partial charge on any atom is 0.347 e. The maximum atomic E-state index is 11.2. The standard InChI is InChI=1S/C11H11NO3/c1-14-9-7-4-6(12)2-5(7)3-8-10(9)15-11(8)13/h3,6H,2,4,12H2,1H3. The third kappa shape index (κ3) is 1.02. The summed E-state index contributed by atoms with van der Waals surface area (Å²) in [6.45, 7) is 0. The first kappa shape index (κ1) is 8.73. The van der Waals surface area contributed by atoms with E-state index in [1.54, 1.807) is 7.11 Å². The minimum atomic E-state index is -0.272. The molecule has 4 nitrogen and oxygen atoms in total. The van der Waals surface area contributed by atoms with E-state index < -0.39 is 0 Å². The van der Waals surface area contributed by atoms with Crippen LogP contribution < -0.4 is 15.2 Å². The topological polar surface area (TPSA) is 61.5 Å². The number of hydrogen-bond acceptors (Lipinski definition) is 4. The van der Waals surface area contributed by atoms with E-state index in [1.165, 1.54) is 0 Å². The zero-order valence-corrected chi connectivity index (χ0v) is 8.37. The lowest BCUT2D eigenvalue weighted by Crippen LogP contribution is -2.22. The Morgan fingerprint density at radius 1 is 1.53 bits per heavy atom. The summed E-state index contributed by atoms with van der Waals surface area (Å²) in [4.78, 5) is 11.2. The Hall–Kier alpha value is -1.55. The summed E-state index contributed by atoms with van der Waals surface area (Å²) >= 11 is 0. The van der Waals surface area contributed by atoms with Crippen molar-refractivity contribution in [2.45, 2.75) is 18.9 Å². The Kier molecular flexibility index (Phi) is 1.59. The lowest BCUT2D eigenvalue weighted by molar-refractivity contribution is 0.0650. The Labute approximate surface area is 87.0 Å². The van der Waals surface area contributed by atoms with Crippen LogP contribution in [0.15, 0.2) is 6.07 Å². The molecule has 78 valence electrons. The van der Waals surface area contributed by atoms with Gasteiger partial charge in [-0.1, -0.05) is 0 Å². The molecule has 0 radical (unpaired) electrons. The molecule has 0 amide bonds. The van der Waals surface area contributed by atoms with E-state index in [4.69, 9.17) is 15.2 Å². The second kappa shape index (κ2) is 2.73. The lowest BCUT2D eigenvalue weighted by atomic mass is 10.0. The summed E-state index contributed by atoms with van der Waals surface area (Å²) in [6, 6.07) is 2.01. The van der Waals surface area contributed by atoms with Gasteiger partial charge in [0.05, 0.1) is 7.11 Å². The third-order valence-corrected chi connectivity index (χ3v) is 3.00. The highest BCUT2D eigenvalue weighted by atomic mass is 16.6. The molecule has 1 heterocycles. The molecule has 1 aliphatic heterocycles. The Balaban J connectivity index is 2.21. The summed E-state index contributed by atoms with van der Waals surface area (Å²) in [5, 5.41) is 0. The fourth-order valence-electron chi connectivity index (χ4n) is 2.32. The van der Waals surface area contributed by atoms with Crippen LogP contribution in [0.4, 0.5) is 0 Å². The molecule has 3 rings (SSSR count). The summed E-state index contributed by atoms with van der Waals surface area (Å²) in [5.41, 5.74) is 8.72. The molecule has 0 fully saturated rings. The molecule has 15 heavy (non-hydrogen) atoms. The van der Waals surface area contributed by atoms with Crippen LogP contribution in [0, 0.1) is 0 Å². The van der Waals surface area contributed by atoms with Crippen LogP contribution in [0.3, 0.4) is 0 Å². The zero-order valence-electron chi connectivity index (χ0n) is 8.37. The van der Waals surface area contributed by atoms with Crippen molar-refractivity contribution in [2.24, 2.45) is 5.73 Å². The van der Waals surface area contributed by atoms with E-state index in [-0.39, 0.29) is 12.0 Å². The van der Waals surface area contributed by atoms with Crippen molar-refractivity contribution in [3.63, 3.8) is 0 Å². The molecule has 1 aromatic carbocycles. The molecule has 2 N–H and O–H groups in total. The van der Waals surface area contributed by atoms with Gasteiger partial charge in [0.1, 0.15) is 5.56 Å². The molecule has 4 heteroatoms. The fourth-order valence-corrected chi connectivity index (χ4v) is 2.32. The number of methoxy groups -OCH3 is 1. The van der Waals surface area contributed by atoms with Crippen molar-refractivity contribution in [1.82, 2.24) is 0 Å². The summed E-state index contributed by atoms with van der Waals surface area (Å²) in [6.07, 6.45) is 1.61. The first-order valence-corrected chi connectivity index (χ1v) is 4.91. The van der Waals surface area contributed by atoms with Gasteiger partial charge >= 0.3 is 5.97 Å². The van der Waals surface area contributed by atoms with Gasteiger partial charge in [0.25, 0.3) is 0 Å². The van der Waals surface area contributed by atoms with Gasteiger partial charge in [0.2, 0.25) is 0 Å². The predicted octanol–water partition coefficient (Wildman–Crippen LogP) is 0.654. The smallest absolute Gasteiger partial charge is 0.347 e. The average Bonchev–Trinajstić information content (AvgIpc) is 2.57. The van der Waals surface area contributed by atoms with E-state index in [1.807, 2.05) is 6.07 Å². The van der Waals surface area contributed by atoms with Crippen LogP contribution in [0.2, 0.25) is 0 Å². The van der Waals surface area contributed by atoms with Crippen LogP contribution in [0.1, 0.15) is 21.5 Å². The Morgan fingerprint density at radius 3 is 3.00 bits per heavy atom. The van der Waals surface area contributed by atoms with Crippen LogP contribution in [-0.2, 0) is 12.8 Å². The first-order valence-electron chi connectivity index (χ1n) is 4.91. The monoisotopic (exact) mass is 205 g/mol. The highest BCUT2D eigenvalue weighted by Crippen LogP contribution is 2.45. The van der Waals surface area contributed by atoms with Crippen molar-refractivity contribution in [3.8, 4) is 11.5 Å². The highest BCUT2D eigenvalue weighted by molar-refractivity contribution is 6.03. The molecule has 1 aromatic rings. The maximum absolute atomic E-state index is 11.2. The number of fused-ring (bicyclic) bond motifs is 2. The van der Waals surface area contributed by atoms with Crippen molar-refractivity contribution in [1.29, 1.82) is 0 Å². The van der Waals surface area contributed by atoms with Gasteiger partial charge in [-0.3, -0.25) is 0 Å². The van der Waals surface area contributed by atoms with Crippen LogP contribution in [-0.4, -0.2) is 19.1 Å². The number of rotatable bonds is 1. The second-order valence-electron chi connectivity index (χ2n) is 3.98. The molecule has 1 unspecified atom stereocenters.